The van der Waals surface area contributed by atoms with Crippen LogP contribution >= 0.6 is 0 Å². The standard InChI is InChI=1S/C18H23FN6O/c1-20-17(23-13-14-4-5-16(26-2)15(19)12-14)24-8-10-25(11-9-24)18-21-6-3-7-22-18/h3-7,12H,8-11,13H2,1-2H3,(H,20,23). The van der Waals surface area contributed by atoms with Gasteiger partial charge in [-0.15, -0.1) is 0 Å². The van der Waals surface area contributed by atoms with Gasteiger partial charge in [-0.2, -0.15) is 0 Å². The summed E-state index contributed by atoms with van der Waals surface area (Å²) in [7, 11) is 3.21. The van der Waals surface area contributed by atoms with Crippen LogP contribution in [0.3, 0.4) is 0 Å². The summed E-state index contributed by atoms with van der Waals surface area (Å²) in [4.78, 5) is 17.3. The Morgan fingerprint density at radius 2 is 1.96 bits per heavy atom. The number of hydrogen-bond donors (Lipinski definition) is 1. The summed E-state index contributed by atoms with van der Waals surface area (Å²) in [5, 5.41) is 3.29. The zero-order valence-electron chi connectivity index (χ0n) is 15.0. The van der Waals surface area contributed by atoms with Gasteiger partial charge in [-0.1, -0.05) is 6.07 Å². The topological polar surface area (TPSA) is 65.9 Å². The molecule has 1 aromatic heterocycles. The van der Waals surface area contributed by atoms with Crippen molar-refractivity contribution in [2.24, 2.45) is 4.99 Å². The monoisotopic (exact) mass is 358 g/mol. The van der Waals surface area contributed by atoms with Crippen molar-refractivity contribution in [1.29, 1.82) is 0 Å². The molecular weight excluding hydrogens is 335 g/mol. The number of rotatable bonds is 4. The van der Waals surface area contributed by atoms with E-state index in [1.165, 1.54) is 13.2 Å². The Kier molecular flexibility index (Phi) is 5.83. The van der Waals surface area contributed by atoms with E-state index in [9.17, 15) is 4.39 Å². The normalized spacial score (nSPS) is 15.1. The van der Waals surface area contributed by atoms with Crippen LogP contribution in [0.15, 0.2) is 41.7 Å². The quantitative estimate of drug-likeness (QED) is 0.660. The first kappa shape index (κ1) is 17.9. The van der Waals surface area contributed by atoms with Gasteiger partial charge in [-0.05, 0) is 23.8 Å². The molecule has 1 fully saturated rings. The maximum Gasteiger partial charge on any atom is 0.225 e. The smallest absolute Gasteiger partial charge is 0.225 e. The largest absolute Gasteiger partial charge is 0.494 e. The van der Waals surface area contributed by atoms with Crippen molar-refractivity contribution in [3.63, 3.8) is 0 Å². The first-order chi connectivity index (χ1) is 12.7. The highest BCUT2D eigenvalue weighted by atomic mass is 19.1. The average Bonchev–Trinajstić information content (AvgIpc) is 2.70. The van der Waals surface area contributed by atoms with E-state index in [-0.39, 0.29) is 11.6 Å². The van der Waals surface area contributed by atoms with Crippen LogP contribution < -0.4 is 15.0 Å². The van der Waals surface area contributed by atoms with Gasteiger partial charge in [-0.25, -0.2) is 14.4 Å². The Morgan fingerprint density at radius 3 is 2.58 bits per heavy atom. The summed E-state index contributed by atoms with van der Waals surface area (Å²) in [5.41, 5.74) is 0.834. The Balaban J connectivity index is 1.54. The number of anilines is 1. The number of guanidine groups is 1. The van der Waals surface area contributed by atoms with Crippen molar-refractivity contribution in [2.75, 3.05) is 45.2 Å². The van der Waals surface area contributed by atoms with E-state index in [1.54, 1.807) is 25.5 Å². The van der Waals surface area contributed by atoms with Gasteiger partial charge < -0.3 is 19.9 Å². The Labute approximate surface area is 152 Å². The minimum Gasteiger partial charge on any atom is -0.494 e. The molecule has 0 saturated carbocycles. The lowest BCUT2D eigenvalue weighted by molar-refractivity contribution is 0.369. The lowest BCUT2D eigenvalue weighted by Crippen LogP contribution is -2.52. The second-order valence-electron chi connectivity index (χ2n) is 5.89. The number of nitrogens with one attached hydrogen (secondary N) is 1. The number of methoxy groups -OCH3 is 1. The number of aliphatic imine (C=N–C) groups is 1. The number of nitrogens with zero attached hydrogens (tertiary/aromatic N) is 5. The highest BCUT2D eigenvalue weighted by Crippen LogP contribution is 2.17. The van der Waals surface area contributed by atoms with E-state index in [1.807, 2.05) is 12.1 Å². The summed E-state index contributed by atoms with van der Waals surface area (Å²) < 4.78 is 18.8. The second kappa shape index (κ2) is 8.46. The molecule has 1 saturated heterocycles. The van der Waals surface area contributed by atoms with E-state index in [0.29, 0.717) is 6.54 Å². The zero-order valence-corrected chi connectivity index (χ0v) is 15.0. The van der Waals surface area contributed by atoms with Crippen molar-refractivity contribution < 1.29 is 9.13 Å². The maximum absolute atomic E-state index is 13.8. The summed E-state index contributed by atoms with van der Waals surface area (Å²) in [5.74, 6) is 1.44. The first-order valence-corrected chi connectivity index (χ1v) is 8.51. The van der Waals surface area contributed by atoms with E-state index in [2.05, 4.69) is 30.1 Å². The fourth-order valence-corrected chi connectivity index (χ4v) is 2.91. The average molecular weight is 358 g/mol. The van der Waals surface area contributed by atoms with Crippen LogP contribution in [0, 0.1) is 5.82 Å². The molecule has 0 bridgehead atoms. The third-order valence-electron chi connectivity index (χ3n) is 4.29. The predicted octanol–water partition coefficient (Wildman–Crippen LogP) is 1.52. The number of halogens is 1. The lowest BCUT2D eigenvalue weighted by Gasteiger charge is -2.36. The third kappa shape index (κ3) is 4.19. The minimum absolute atomic E-state index is 0.248. The van der Waals surface area contributed by atoms with Crippen molar-refractivity contribution in [1.82, 2.24) is 20.2 Å². The van der Waals surface area contributed by atoms with Crippen LogP contribution in [0.25, 0.3) is 0 Å². The molecule has 3 rings (SSSR count). The fourth-order valence-electron chi connectivity index (χ4n) is 2.91. The fraction of sp³-hybridized carbons (Fsp3) is 0.389. The van der Waals surface area contributed by atoms with Crippen molar-refractivity contribution >= 4 is 11.9 Å². The molecular formula is C18H23FN6O. The van der Waals surface area contributed by atoms with Gasteiger partial charge in [0.1, 0.15) is 0 Å². The number of ether oxygens (including phenoxy) is 1. The van der Waals surface area contributed by atoms with Crippen LogP contribution in [0.5, 0.6) is 5.75 Å². The molecule has 138 valence electrons. The highest BCUT2D eigenvalue weighted by molar-refractivity contribution is 5.80. The number of benzene rings is 1. The van der Waals surface area contributed by atoms with Gasteiger partial charge >= 0.3 is 0 Å². The molecule has 1 aromatic carbocycles. The van der Waals surface area contributed by atoms with Gasteiger partial charge in [-0.3, -0.25) is 4.99 Å². The van der Waals surface area contributed by atoms with Crippen LogP contribution in [-0.2, 0) is 6.54 Å². The van der Waals surface area contributed by atoms with E-state index in [4.69, 9.17) is 4.74 Å². The second-order valence-corrected chi connectivity index (χ2v) is 5.89. The van der Waals surface area contributed by atoms with Crippen molar-refractivity contribution in [2.45, 2.75) is 6.54 Å². The molecule has 1 aliphatic heterocycles. The molecule has 0 aliphatic carbocycles. The third-order valence-corrected chi connectivity index (χ3v) is 4.29. The highest BCUT2D eigenvalue weighted by Gasteiger charge is 2.21. The van der Waals surface area contributed by atoms with Crippen molar-refractivity contribution in [3.05, 3.63) is 48.0 Å². The summed E-state index contributed by atoms with van der Waals surface area (Å²) in [6.45, 7) is 3.77. The van der Waals surface area contributed by atoms with Gasteiger partial charge in [0.05, 0.1) is 7.11 Å². The molecule has 7 nitrogen and oxygen atoms in total. The molecule has 0 amide bonds. The molecule has 0 unspecified atom stereocenters. The molecule has 26 heavy (non-hydrogen) atoms. The maximum atomic E-state index is 13.8. The summed E-state index contributed by atoms with van der Waals surface area (Å²) >= 11 is 0. The van der Waals surface area contributed by atoms with Crippen LogP contribution in [0.4, 0.5) is 10.3 Å². The number of piperazine rings is 1. The summed E-state index contributed by atoms with van der Waals surface area (Å²) in [6, 6.07) is 6.76. The lowest BCUT2D eigenvalue weighted by atomic mass is 10.2. The molecule has 8 heteroatoms. The van der Waals surface area contributed by atoms with Gasteiger partial charge in [0.15, 0.2) is 17.5 Å². The predicted molar refractivity (Wildman–Crippen MR) is 99.0 cm³/mol. The van der Waals surface area contributed by atoms with Gasteiger partial charge in [0.25, 0.3) is 0 Å². The summed E-state index contributed by atoms with van der Waals surface area (Å²) in [6.07, 6.45) is 3.51. The van der Waals surface area contributed by atoms with Crippen LogP contribution in [0.2, 0.25) is 0 Å². The van der Waals surface area contributed by atoms with E-state index in [0.717, 1.165) is 43.7 Å². The molecule has 2 aromatic rings. The SMILES string of the molecule is CN=C(NCc1ccc(OC)c(F)c1)N1CCN(c2ncccn2)CC1. The minimum atomic E-state index is -0.363. The molecule has 2 heterocycles. The molecule has 0 radical (unpaired) electrons. The Hall–Kier alpha value is -2.90. The van der Waals surface area contributed by atoms with Crippen LogP contribution in [-0.4, -0.2) is 61.2 Å². The zero-order chi connectivity index (χ0) is 18.4. The Bertz CT molecular complexity index is 747. The van der Waals surface area contributed by atoms with Gasteiger partial charge in [0, 0.05) is 52.2 Å². The van der Waals surface area contributed by atoms with Crippen LogP contribution in [0.1, 0.15) is 5.56 Å². The number of aromatic nitrogens is 2. The Morgan fingerprint density at radius 1 is 1.23 bits per heavy atom. The molecule has 0 spiro atoms. The van der Waals surface area contributed by atoms with E-state index >= 15 is 0 Å². The number of hydrogen-bond acceptors (Lipinski definition) is 5. The molecule has 0 atom stereocenters. The van der Waals surface area contributed by atoms with Gasteiger partial charge in [0.2, 0.25) is 5.95 Å². The molecule has 1 aliphatic rings. The van der Waals surface area contributed by atoms with E-state index < -0.39 is 0 Å². The van der Waals surface area contributed by atoms with Crippen molar-refractivity contribution in [3.8, 4) is 5.75 Å². The first-order valence-electron chi connectivity index (χ1n) is 8.51. The molecule has 1 N–H and O–H groups in total.